The van der Waals surface area contributed by atoms with Crippen LogP contribution in [-0.4, -0.2) is 18.8 Å². The Labute approximate surface area is 93.0 Å². The SMILES string of the molecule is NC(Cc1sccc1Cl)C1CCCO1. The van der Waals surface area contributed by atoms with E-state index < -0.39 is 0 Å². The number of thiophene rings is 1. The van der Waals surface area contributed by atoms with Crippen LogP contribution in [0.15, 0.2) is 11.4 Å². The molecule has 1 fully saturated rings. The van der Waals surface area contributed by atoms with Crippen LogP contribution in [0, 0.1) is 0 Å². The lowest BCUT2D eigenvalue weighted by atomic mass is 10.1. The average molecular weight is 232 g/mol. The molecule has 14 heavy (non-hydrogen) atoms. The quantitative estimate of drug-likeness (QED) is 0.868. The first-order valence-electron chi connectivity index (χ1n) is 4.86. The van der Waals surface area contributed by atoms with Gasteiger partial charge in [0.15, 0.2) is 0 Å². The van der Waals surface area contributed by atoms with Crippen molar-refractivity contribution in [2.75, 3.05) is 6.61 Å². The Balaban J connectivity index is 1.93. The summed E-state index contributed by atoms with van der Waals surface area (Å²) in [6.45, 7) is 0.858. The fourth-order valence-corrected chi connectivity index (χ4v) is 2.94. The highest BCUT2D eigenvalue weighted by Crippen LogP contribution is 2.25. The number of hydrogen-bond donors (Lipinski definition) is 1. The molecule has 1 aromatic heterocycles. The first kappa shape index (κ1) is 10.4. The third kappa shape index (κ3) is 2.28. The van der Waals surface area contributed by atoms with E-state index in [2.05, 4.69) is 0 Å². The Morgan fingerprint density at radius 3 is 3.14 bits per heavy atom. The molecule has 2 rings (SSSR count). The monoisotopic (exact) mass is 231 g/mol. The van der Waals surface area contributed by atoms with Crippen LogP contribution in [0.5, 0.6) is 0 Å². The van der Waals surface area contributed by atoms with Crippen LogP contribution in [0.4, 0.5) is 0 Å². The van der Waals surface area contributed by atoms with Gasteiger partial charge in [-0.2, -0.15) is 0 Å². The summed E-state index contributed by atoms with van der Waals surface area (Å²) in [6, 6.07) is 2.01. The smallest absolute Gasteiger partial charge is 0.0730 e. The predicted molar refractivity (Wildman–Crippen MR) is 60.0 cm³/mol. The van der Waals surface area contributed by atoms with Crippen LogP contribution in [-0.2, 0) is 11.2 Å². The van der Waals surface area contributed by atoms with Gasteiger partial charge in [-0.1, -0.05) is 11.6 Å². The predicted octanol–water partition coefficient (Wildman–Crippen LogP) is 2.45. The second-order valence-corrected chi connectivity index (χ2v) is 5.02. The summed E-state index contributed by atoms with van der Waals surface area (Å²) >= 11 is 7.67. The number of nitrogens with two attached hydrogens (primary N) is 1. The second-order valence-electron chi connectivity index (χ2n) is 3.61. The lowest BCUT2D eigenvalue weighted by molar-refractivity contribution is 0.0902. The molecule has 0 saturated carbocycles. The summed E-state index contributed by atoms with van der Waals surface area (Å²) in [4.78, 5) is 1.18. The zero-order valence-corrected chi connectivity index (χ0v) is 9.48. The van der Waals surface area contributed by atoms with Crippen molar-refractivity contribution in [1.29, 1.82) is 0 Å². The number of halogens is 1. The number of rotatable bonds is 3. The molecule has 2 nitrogen and oxygen atoms in total. The van der Waals surface area contributed by atoms with Gasteiger partial charge in [-0.25, -0.2) is 0 Å². The Bertz CT molecular complexity index is 296. The van der Waals surface area contributed by atoms with E-state index in [4.69, 9.17) is 22.1 Å². The normalized spacial score (nSPS) is 24.0. The highest BCUT2D eigenvalue weighted by atomic mass is 35.5. The molecule has 2 N–H and O–H groups in total. The van der Waals surface area contributed by atoms with Gasteiger partial charge in [0.2, 0.25) is 0 Å². The second kappa shape index (κ2) is 4.62. The number of ether oxygens (including phenoxy) is 1. The van der Waals surface area contributed by atoms with Crippen LogP contribution < -0.4 is 5.73 Å². The minimum Gasteiger partial charge on any atom is -0.377 e. The van der Waals surface area contributed by atoms with Crippen molar-refractivity contribution in [3.63, 3.8) is 0 Å². The highest BCUT2D eigenvalue weighted by Gasteiger charge is 2.23. The summed E-state index contributed by atoms with van der Waals surface area (Å²) in [7, 11) is 0. The van der Waals surface area contributed by atoms with Gasteiger partial charge in [-0.15, -0.1) is 11.3 Å². The molecule has 1 aromatic rings. The lowest BCUT2D eigenvalue weighted by Gasteiger charge is -2.17. The zero-order valence-electron chi connectivity index (χ0n) is 7.91. The molecule has 0 aromatic carbocycles. The summed E-state index contributed by atoms with van der Waals surface area (Å²) in [5, 5.41) is 2.84. The number of hydrogen-bond acceptors (Lipinski definition) is 3. The van der Waals surface area contributed by atoms with Gasteiger partial charge in [-0.3, -0.25) is 0 Å². The average Bonchev–Trinajstić information content (AvgIpc) is 2.77. The first-order valence-corrected chi connectivity index (χ1v) is 6.12. The van der Waals surface area contributed by atoms with Gasteiger partial charge in [0.1, 0.15) is 0 Å². The van der Waals surface area contributed by atoms with E-state index >= 15 is 0 Å². The van der Waals surface area contributed by atoms with E-state index in [1.165, 1.54) is 4.88 Å². The maximum atomic E-state index is 6.06. The molecule has 78 valence electrons. The molecule has 0 spiro atoms. The van der Waals surface area contributed by atoms with E-state index in [9.17, 15) is 0 Å². The highest BCUT2D eigenvalue weighted by molar-refractivity contribution is 7.10. The van der Waals surface area contributed by atoms with Crippen molar-refractivity contribution in [2.45, 2.75) is 31.4 Å². The topological polar surface area (TPSA) is 35.2 Å². The van der Waals surface area contributed by atoms with E-state index in [1.807, 2.05) is 11.4 Å². The standard InChI is InChI=1S/C10H14ClNOS/c11-7-3-5-14-10(7)6-8(12)9-2-1-4-13-9/h3,5,8-9H,1-2,4,6,12H2. The van der Waals surface area contributed by atoms with Gasteiger partial charge in [0.25, 0.3) is 0 Å². The molecule has 1 aliphatic rings. The molecule has 0 aliphatic carbocycles. The molecule has 1 saturated heterocycles. The summed E-state index contributed by atoms with van der Waals surface area (Å²) in [5.41, 5.74) is 6.06. The maximum absolute atomic E-state index is 6.06. The van der Waals surface area contributed by atoms with E-state index in [-0.39, 0.29) is 12.1 Å². The fraction of sp³-hybridized carbons (Fsp3) is 0.600. The van der Waals surface area contributed by atoms with Crippen LogP contribution in [0.2, 0.25) is 5.02 Å². The molecule has 4 heteroatoms. The van der Waals surface area contributed by atoms with Crippen molar-refractivity contribution in [3.05, 3.63) is 21.3 Å². The Morgan fingerprint density at radius 1 is 1.71 bits per heavy atom. The molecular formula is C10H14ClNOS. The zero-order chi connectivity index (χ0) is 9.97. The Hall–Kier alpha value is -0.0900. The Morgan fingerprint density at radius 2 is 2.57 bits per heavy atom. The fourth-order valence-electron chi connectivity index (χ4n) is 1.76. The van der Waals surface area contributed by atoms with Crippen molar-refractivity contribution in [1.82, 2.24) is 0 Å². The van der Waals surface area contributed by atoms with Crippen molar-refractivity contribution in [3.8, 4) is 0 Å². The van der Waals surface area contributed by atoms with Crippen molar-refractivity contribution in [2.24, 2.45) is 5.73 Å². The van der Waals surface area contributed by atoms with Gasteiger partial charge < -0.3 is 10.5 Å². The van der Waals surface area contributed by atoms with Gasteiger partial charge in [-0.05, 0) is 24.3 Å². The molecule has 0 amide bonds. The third-order valence-corrected chi connectivity index (χ3v) is 3.96. The van der Waals surface area contributed by atoms with Gasteiger partial charge in [0, 0.05) is 23.9 Å². The van der Waals surface area contributed by atoms with Crippen LogP contribution in [0.1, 0.15) is 17.7 Å². The first-order chi connectivity index (χ1) is 6.77. The van der Waals surface area contributed by atoms with E-state index in [1.54, 1.807) is 11.3 Å². The van der Waals surface area contributed by atoms with Crippen molar-refractivity contribution >= 4 is 22.9 Å². The molecule has 2 atom stereocenters. The third-order valence-electron chi connectivity index (χ3n) is 2.55. The molecule has 1 aliphatic heterocycles. The minimum atomic E-state index is 0.0913. The van der Waals surface area contributed by atoms with Crippen LogP contribution >= 0.6 is 22.9 Å². The summed E-state index contributed by atoms with van der Waals surface area (Å²) in [6.07, 6.45) is 3.29. The molecule has 2 unspecified atom stereocenters. The lowest BCUT2D eigenvalue weighted by Crippen LogP contribution is -2.35. The van der Waals surface area contributed by atoms with Crippen LogP contribution in [0.3, 0.4) is 0 Å². The Kier molecular flexibility index (Phi) is 3.44. The van der Waals surface area contributed by atoms with E-state index in [0.29, 0.717) is 0 Å². The van der Waals surface area contributed by atoms with Crippen LogP contribution in [0.25, 0.3) is 0 Å². The van der Waals surface area contributed by atoms with Gasteiger partial charge >= 0.3 is 0 Å². The summed E-state index contributed by atoms with van der Waals surface area (Å²) < 4.78 is 5.54. The minimum absolute atomic E-state index is 0.0913. The largest absolute Gasteiger partial charge is 0.377 e. The van der Waals surface area contributed by atoms with E-state index in [0.717, 1.165) is 30.9 Å². The van der Waals surface area contributed by atoms with Crippen molar-refractivity contribution < 1.29 is 4.74 Å². The molecule has 2 heterocycles. The molecule has 0 bridgehead atoms. The maximum Gasteiger partial charge on any atom is 0.0730 e. The van der Waals surface area contributed by atoms with Gasteiger partial charge in [0.05, 0.1) is 11.1 Å². The molecule has 0 radical (unpaired) electrons. The molecular weight excluding hydrogens is 218 g/mol. The summed E-state index contributed by atoms with van der Waals surface area (Å²) in [5.74, 6) is 0.